The second-order valence-corrected chi connectivity index (χ2v) is 8.06. The average molecular weight is 399 g/mol. The Balaban J connectivity index is 1.21. The van der Waals surface area contributed by atoms with Crippen LogP contribution in [0.15, 0.2) is 42.6 Å². The molecule has 28 heavy (non-hydrogen) atoms. The zero-order valence-electron chi connectivity index (χ0n) is 15.2. The van der Waals surface area contributed by atoms with Gasteiger partial charge in [-0.25, -0.2) is 4.79 Å². The van der Waals surface area contributed by atoms with E-state index in [1.807, 2.05) is 17.0 Å². The van der Waals surface area contributed by atoms with Gasteiger partial charge >= 0.3 is 6.03 Å². The highest BCUT2D eigenvalue weighted by atomic mass is 35.5. The highest BCUT2D eigenvalue weighted by Crippen LogP contribution is 2.42. The van der Waals surface area contributed by atoms with E-state index in [2.05, 4.69) is 4.98 Å². The number of aromatic nitrogens is 1. The zero-order valence-corrected chi connectivity index (χ0v) is 15.9. The SMILES string of the molecule is O=C(c1ccccn1)N1CC2(C1)CN(C(=O)N1CCOc3cc(Cl)ccc31)C2. The van der Waals surface area contributed by atoms with Crippen LogP contribution >= 0.6 is 11.6 Å². The van der Waals surface area contributed by atoms with Gasteiger partial charge in [-0.2, -0.15) is 0 Å². The number of fused-ring (bicyclic) bond motifs is 1. The molecule has 0 N–H and O–H groups in total. The molecule has 1 aromatic heterocycles. The molecule has 2 saturated heterocycles. The Morgan fingerprint density at radius 2 is 1.86 bits per heavy atom. The van der Waals surface area contributed by atoms with Crippen LogP contribution in [0.25, 0.3) is 0 Å². The van der Waals surface area contributed by atoms with Crippen molar-refractivity contribution in [3.8, 4) is 5.75 Å². The van der Waals surface area contributed by atoms with Gasteiger partial charge in [-0.3, -0.25) is 14.7 Å². The predicted molar refractivity (Wildman–Crippen MR) is 104 cm³/mol. The molecule has 2 aromatic rings. The third-order valence-electron chi connectivity index (χ3n) is 5.56. The first-order chi connectivity index (χ1) is 13.5. The summed E-state index contributed by atoms with van der Waals surface area (Å²) >= 11 is 6.02. The van der Waals surface area contributed by atoms with E-state index < -0.39 is 0 Å². The van der Waals surface area contributed by atoms with E-state index in [1.54, 1.807) is 40.3 Å². The molecule has 3 aliphatic rings. The number of likely N-dealkylation sites (tertiary alicyclic amines) is 2. The minimum Gasteiger partial charge on any atom is -0.489 e. The van der Waals surface area contributed by atoms with Crippen LogP contribution in [-0.4, -0.2) is 66.1 Å². The van der Waals surface area contributed by atoms with Crippen molar-refractivity contribution in [1.82, 2.24) is 14.8 Å². The molecule has 0 aliphatic carbocycles. The van der Waals surface area contributed by atoms with Gasteiger partial charge in [0, 0.05) is 48.9 Å². The number of rotatable bonds is 1. The molecule has 4 heterocycles. The summed E-state index contributed by atoms with van der Waals surface area (Å²) in [5.74, 6) is 0.591. The molecule has 1 aromatic carbocycles. The van der Waals surface area contributed by atoms with Crippen molar-refractivity contribution in [2.45, 2.75) is 0 Å². The number of carbonyl (C=O) groups excluding carboxylic acids is 2. The number of carbonyl (C=O) groups is 2. The standard InChI is InChI=1S/C20H19ClN4O3/c21-14-4-5-16-17(9-14)28-8-7-25(16)19(27)24-12-20(13-24)10-23(11-20)18(26)15-3-1-2-6-22-15/h1-6,9H,7-8,10-13H2. The molecule has 8 heteroatoms. The number of amides is 3. The van der Waals surface area contributed by atoms with E-state index in [9.17, 15) is 9.59 Å². The lowest BCUT2D eigenvalue weighted by atomic mass is 9.73. The number of nitrogens with zero attached hydrogens (tertiary/aromatic N) is 4. The lowest BCUT2D eigenvalue weighted by Crippen LogP contribution is -2.74. The summed E-state index contributed by atoms with van der Waals surface area (Å²) in [7, 11) is 0. The summed E-state index contributed by atoms with van der Waals surface area (Å²) in [5, 5.41) is 0.586. The Morgan fingerprint density at radius 3 is 2.61 bits per heavy atom. The highest BCUT2D eigenvalue weighted by Gasteiger charge is 2.55. The topological polar surface area (TPSA) is 66.0 Å². The molecule has 5 rings (SSSR count). The maximum atomic E-state index is 13.0. The van der Waals surface area contributed by atoms with Crippen molar-refractivity contribution >= 4 is 29.2 Å². The predicted octanol–water partition coefficient (Wildman–Crippen LogP) is 2.51. The normalized spacial score (nSPS) is 19.4. The second kappa shape index (κ2) is 6.38. The molecule has 7 nitrogen and oxygen atoms in total. The van der Waals surface area contributed by atoms with E-state index >= 15 is 0 Å². The summed E-state index contributed by atoms with van der Waals surface area (Å²) in [6.45, 7) is 3.63. The van der Waals surface area contributed by atoms with Gasteiger partial charge in [0.1, 0.15) is 18.1 Å². The maximum Gasteiger partial charge on any atom is 0.324 e. The van der Waals surface area contributed by atoms with Crippen LogP contribution in [0.3, 0.4) is 0 Å². The average Bonchev–Trinajstić information content (AvgIpc) is 2.65. The van der Waals surface area contributed by atoms with E-state index in [0.717, 1.165) is 5.69 Å². The molecule has 3 amide bonds. The number of urea groups is 1. The lowest BCUT2D eigenvalue weighted by molar-refractivity contribution is -0.0771. The van der Waals surface area contributed by atoms with Gasteiger partial charge in [0.25, 0.3) is 5.91 Å². The van der Waals surface area contributed by atoms with Crippen molar-refractivity contribution in [3.63, 3.8) is 0 Å². The number of pyridine rings is 1. The molecule has 0 unspecified atom stereocenters. The van der Waals surface area contributed by atoms with Crippen LogP contribution < -0.4 is 9.64 Å². The summed E-state index contributed by atoms with van der Waals surface area (Å²) in [4.78, 5) is 34.9. The minimum absolute atomic E-state index is 0.0213. The summed E-state index contributed by atoms with van der Waals surface area (Å²) in [6.07, 6.45) is 1.62. The van der Waals surface area contributed by atoms with Gasteiger partial charge in [-0.1, -0.05) is 17.7 Å². The minimum atomic E-state index is -0.0463. The van der Waals surface area contributed by atoms with E-state index in [-0.39, 0.29) is 17.4 Å². The second-order valence-electron chi connectivity index (χ2n) is 7.63. The Bertz CT molecular complexity index is 938. The number of anilines is 1. The maximum absolute atomic E-state index is 13.0. The monoisotopic (exact) mass is 398 g/mol. The number of hydrogen-bond donors (Lipinski definition) is 0. The molecule has 144 valence electrons. The third-order valence-corrected chi connectivity index (χ3v) is 5.80. The first-order valence-electron chi connectivity index (χ1n) is 9.24. The highest BCUT2D eigenvalue weighted by molar-refractivity contribution is 6.30. The van der Waals surface area contributed by atoms with Gasteiger partial charge in [0.05, 0.1) is 12.2 Å². The number of hydrogen-bond acceptors (Lipinski definition) is 4. The lowest BCUT2D eigenvalue weighted by Gasteiger charge is -2.60. The van der Waals surface area contributed by atoms with E-state index in [4.69, 9.17) is 16.3 Å². The van der Waals surface area contributed by atoms with Crippen LogP contribution in [0.4, 0.5) is 10.5 Å². The van der Waals surface area contributed by atoms with Crippen molar-refractivity contribution in [1.29, 1.82) is 0 Å². The van der Waals surface area contributed by atoms with E-state index in [0.29, 0.717) is 55.8 Å². The van der Waals surface area contributed by atoms with E-state index in [1.165, 1.54) is 0 Å². The fourth-order valence-electron chi connectivity index (χ4n) is 4.22. The largest absolute Gasteiger partial charge is 0.489 e. The van der Waals surface area contributed by atoms with Crippen LogP contribution in [0.5, 0.6) is 5.75 Å². The fraction of sp³-hybridized carbons (Fsp3) is 0.350. The Labute approximate surface area is 167 Å². The van der Waals surface area contributed by atoms with Gasteiger partial charge in [0.15, 0.2) is 0 Å². The fourth-order valence-corrected chi connectivity index (χ4v) is 4.38. The van der Waals surface area contributed by atoms with Crippen molar-refractivity contribution in [2.75, 3.05) is 44.2 Å². The summed E-state index contributed by atoms with van der Waals surface area (Å²) in [5.41, 5.74) is 1.24. The molecule has 0 radical (unpaired) electrons. The summed E-state index contributed by atoms with van der Waals surface area (Å²) < 4.78 is 5.62. The molecule has 0 atom stereocenters. The van der Waals surface area contributed by atoms with Crippen molar-refractivity contribution < 1.29 is 14.3 Å². The molecule has 2 fully saturated rings. The molecule has 0 saturated carbocycles. The summed E-state index contributed by atoms with van der Waals surface area (Å²) in [6, 6.07) is 10.6. The molecule has 1 spiro atoms. The Hall–Kier alpha value is -2.80. The quantitative estimate of drug-likeness (QED) is 0.740. The first kappa shape index (κ1) is 17.3. The van der Waals surface area contributed by atoms with Gasteiger partial charge in [0.2, 0.25) is 0 Å². The van der Waals surface area contributed by atoms with Crippen LogP contribution in [-0.2, 0) is 0 Å². The molecular weight excluding hydrogens is 380 g/mol. The van der Waals surface area contributed by atoms with Crippen LogP contribution in [0.1, 0.15) is 10.5 Å². The molecule has 3 aliphatic heterocycles. The Kier molecular flexibility index (Phi) is 3.94. The van der Waals surface area contributed by atoms with Gasteiger partial charge in [-0.15, -0.1) is 0 Å². The zero-order chi connectivity index (χ0) is 19.3. The number of ether oxygens (including phenoxy) is 1. The van der Waals surface area contributed by atoms with Gasteiger partial charge in [-0.05, 0) is 24.3 Å². The van der Waals surface area contributed by atoms with Crippen LogP contribution in [0, 0.1) is 5.41 Å². The van der Waals surface area contributed by atoms with Crippen LogP contribution in [0.2, 0.25) is 5.02 Å². The smallest absolute Gasteiger partial charge is 0.324 e. The first-order valence-corrected chi connectivity index (χ1v) is 9.62. The number of benzene rings is 1. The van der Waals surface area contributed by atoms with Crippen molar-refractivity contribution in [3.05, 3.63) is 53.3 Å². The molecular formula is C20H19ClN4O3. The van der Waals surface area contributed by atoms with Gasteiger partial charge < -0.3 is 14.5 Å². The number of halogens is 1. The molecule has 0 bridgehead atoms. The third kappa shape index (κ3) is 2.77. The van der Waals surface area contributed by atoms with Crippen molar-refractivity contribution in [2.24, 2.45) is 5.41 Å². The Morgan fingerprint density at radius 1 is 1.07 bits per heavy atom.